The Labute approximate surface area is 173 Å². The minimum Gasteiger partial charge on any atom is -0.378 e. The zero-order chi connectivity index (χ0) is 20.2. The van der Waals surface area contributed by atoms with E-state index in [9.17, 15) is 4.79 Å². The van der Waals surface area contributed by atoms with Gasteiger partial charge in [-0.3, -0.25) is 4.79 Å². The second-order valence-electron chi connectivity index (χ2n) is 8.21. The maximum atomic E-state index is 13.5. The van der Waals surface area contributed by atoms with Crippen LogP contribution in [0.1, 0.15) is 34.8 Å². The van der Waals surface area contributed by atoms with Crippen LogP contribution in [0.5, 0.6) is 0 Å². The molecular formula is C24H31N3O2. The van der Waals surface area contributed by atoms with Gasteiger partial charge in [-0.05, 0) is 55.8 Å². The first kappa shape index (κ1) is 19.9. The van der Waals surface area contributed by atoms with Gasteiger partial charge in [-0.2, -0.15) is 0 Å². The quantitative estimate of drug-likeness (QED) is 0.780. The van der Waals surface area contributed by atoms with Crippen LogP contribution in [-0.4, -0.2) is 68.7 Å². The first-order valence-corrected chi connectivity index (χ1v) is 10.6. The largest absolute Gasteiger partial charge is 0.378 e. The Morgan fingerprint density at radius 3 is 2.34 bits per heavy atom. The first-order chi connectivity index (χ1) is 14.1. The van der Waals surface area contributed by atoms with Crippen LogP contribution in [0.3, 0.4) is 0 Å². The number of nitrogens with zero attached hydrogens (tertiary/aromatic N) is 3. The van der Waals surface area contributed by atoms with Gasteiger partial charge in [0.25, 0.3) is 5.91 Å². The second kappa shape index (κ2) is 8.97. The van der Waals surface area contributed by atoms with E-state index in [-0.39, 0.29) is 18.1 Å². The number of likely N-dealkylation sites (tertiary alicyclic amines) is 1. The van der Waals surface area contributed by atoms with Crippen molar-refractivity contribution in [3.8, 4) is 0 Å². The highest BCUT2D eigenvalue weighted by atomic mass is 16.5. The van der Waals surface area contributed by atoms with E-state index in [1.165, 1.54) is 12.8 Å². The fourth-order valence-electron chi connectivity index (χ4n) is 4.45. The zero-order valence-electron chi connectivity index (χ0n) is 17.5. The van der Waals surface area contributed by atoms with Gasteiger partial charge in [0.15, 0.2) is 0 Å². The highest BCUT2D eigenvalue weighted by Crippen LogP contribution is 2.32. The van der Waals surface area contributed by atoms with Crippen molar-refractivity contribution >= 4 is 11.6 Å². The molecule has 0 spiro atoms. The Morgan fingerprint density at radius 1 is 1.00 bits per heavy atom. The Morgan fingerprint density at radius 2 is 1.69 bits per heavy atom. The molecule has 2 fully saturated rings. The van der Waals surface area contributed by atoms with E-state index in [1.54, 1.807) is 0 Å². The van der Waals surface area contributed by atoms with Crippen molar-refractivity contribution in [1.82, 2.24) is 9.80 Å². The summed E-state index contributed by atoms with van der Waals surface area (Å²) in [6.45, 7) is 4.33. The Hall–Kier alpha value is -2.37. The molecule has 0 unspecified atom stereocenters. The van der Waals surface area contributed by atoms with E-state index < -0.39 is 0 Å². The minimum atomic E-state index is -0.0634. The molecule has 2 saturated heterocycles. The lowest BCUT2D eigenvalue weighted by Crippen LogP contribution is -2.51. The van der Waals surface area contributed by atoms with Gasteiger partial charge in [0.2, 0.25) is 0 Å². The van der Waals surface area contributed by atoms with Gasteiger partial charge in [-0.1, -0.05) is 30.3 Å². The Kier molecular flexibility index (Phi) is 6.16. The molecule has 154 valence electrons. The van der Waals surface area contributed by atoms with Gasteiger partial charge < -0.3 is 19.4 Å². The van der Waals surface area contributed by atoms with Crippen LogP contribution in [0.25, 0.3) is 0 Å². The van der Waals surface area contributed by atoms with E-state index in [0.717, 1.165) is 36.4 Å². The molecule has 0 radical (unpaired) electrons. The highest BCUT2D eigenvalue weighted by molar-refractivity contribution is 5.95. The maximum Gasteiger partial charge on any atom is 0.254 e. The van der Waals surface area contributed by atoms with Crippen molar-refractivity contribution in [1.29, 1.82) is 0 Å². The molecule has 2 aliphatic heterocycles. The van der Waals surface area contributed by atoms with Gasteiger partial charge in [0, 0.05) is 38.4 Å². The lowest BCUT2D eigenvalue weighted by atomic mass is 9.96. The topological polar surface area (TPSA) is 36.0 Å². The summed E-state index contributed by atoms with van der Waals surface area (Å²) >= 11 is 0. The van der Waals surface area contributed by atoms with E-state index in [4.69, 9.17) is 4.74 Å². The third-order valence-electron chi connectivity index (χ3n) is 6.02. The minimum absolute atomic E-state index is 0.00533. The van der Waals surface area contributed by atoms with Crippen molar-refractivity contribution in [2.45, 2.75) is 25.0 Å². The summed E-state index contributed by atoms with van der Waals surface area (Å²) in [5, 5.41) is 0. The average Bonchev–Trinajstić information content (AvgIpc) is 3.27. The van der Waals surface area contributed by atoms with Gasteiger partial charge in [-0.15, -0.1) is 0 Å². The molecule has 2 heterocycles. The number of anilines is 1. The SMILES string of the molecule is CN(C)c1ccc(C(=O)N2CCO[C@@H](CN3CCCC3)[C@@H]2c2ccccc2)cc1. The van der Waals surface area contributed by atoms with E-state index in [0.29, 0.717) is 13.2 Å². The number of carbonyl (C=O) groups is 1. The van der Waals surface area contributed by atoms with Crippen LogP contribution in [-0.2, 0) is 4.74 Å². The van der Waals surface area contributed by atoms with E-state index in [2.05, 4.69) is 17.0 Å². The third kappa shape index (κ3) is 4.46. The number of rotatable bonds is 5. The molecule has 1 amide bonds. The van der Waals surface area contributed by atoms with Crippen LogP contribution in [0.2, 0.25) is 0 Å². The Balaban J connectivity index is 1.61. The summed E-state index contributed by atoms with van der Waals surface area (Å²) in [6, 6.07) is 18.2. The van der Waals surface area contributed by atoms with Crippen LogP contribution < -0.4 is 4.90 Å². The van der Waals surface area contributed by atoms with Gasteiger partial charge in [0.1, 0.15) is 0 Å². The molecule has 2 aromatic carbocycles. The van der Waals surface area contributed by atoms with Gasteiger partial charge >= 0.3 is 0 Å². The number of hydrogen-bond acceptors (Lipinski definition) is 4. The molecule has 4 rings (SSSR count). The van der Waals surface area contributed by atoms with Crippen molar-refractivity contribution in [3.05, 3.63) is 65.7 Å². The van der Waals surface area contributed by atoms with Crippen molar-refractivity contribution in [2.24, 2.45) is 0 Å². The van der Waals surface area contributed by atoms with Crippen LogP contribution in [0.15, 0.2) is 54.6 Å². The molecule has 0 saturated carbocycles. The second-order valence-corrected chi connectivity index (χ2v) is 8.21. The fraction of sp³-hybridized carbons (Fsp3) is 0.458. The summed E-state index contributed by atoms with van der Waals surface area (Å²) in [6.07, 6.45) is 2.50. The summed E-state index contributed by atoms with van der Waals surface area (Å²) in [5.74, 6) is 0.0823. The molecule has 5 heteroatoms. The molecule has 0 aliphatic carbocycles. The lowest BCUT2D eigenvalue weighted by Gasteiger charge is -2.43. The average molecular weight is 394 g/mol. The highest BCUT2D eigenvalue weighted by Gasteiger charge is 2.37. The van der Waals surface area contributed by atoms with E-state index >= 15 is 0 Å². The van der Waals surface area contributed by atoms with E-state index in [1.807, 2.05) is 66.4 Å². The number of morpholine rings is 1. The first-order valence-electron chi connectivity index (χ1n) is 10.6. The van der Waals surface area contributed by atoms with Crippen molar-refractivity contribution in [3.63, 3.8) is 0 Å². The molecule has 2 aromatic rings. The monoisotopic (exact) mass is 393 g/mol. The Bertz CT molecular complexity index is 801. The molecule has 2 aliphatic rings. The molecule has 0 bridgehead atoms. The molecule has 2 atom stereocenters. The molecular weight excluding hydrogens is 362 g/mol. The van der Waals surface area contributed by atoms with Crippen molar-refractivity contribution < 1.29 is 9.53 Å². The number of amides is 1. The smallest absolute Gasteiger partial charge is 0.254 e. The number of ether oxygens (including phenoxy) is 1. The maximum absolute atomic E-state index is 13.5. The van der Waals surface area contributed by atoms with Crippen LogP contribution >= 0.6 is 0 Å². The molecule has 29 heavy (non-hydrogen) atoms. The molecule has 0 N–H and O–H groups in total. The summed E-state index contributed by atoms with van der Waals surface area (Å²) in [7, 11) is 4.01. The number of benzene rings is 2. The summed E-state index contributed by atoms with van der Waals surface area (Å²) in [5.41, 5.74) is 2.98. The molecule has 0 aromatic heterocycles. The predicted molar refractivity (Wildman–Crippen MR) is 116 cm³/mol. The lowest BCUT2D eigenvalue weighted by molar-refractivity contribution is -0.0707. The third-order valence-corrected chi connectivity index (χ3v) is 6.02. The van der Waals surface area contributed by atoms with Gasteiger partial charge in [0.05, 0.1) is 18.8 Å². The normalized spacial score (nSPS) is 22.6. The predicted octanol–water partition coefficient (Wildman–Crippen LogP) is 3.43. The van der Waals surface area contributed by atoms with Crippen LogP contribution in [0.4, 0.5) is 5.69 Å². The standard InChI is InChI=1S/C24H31N3O2/c1-25(2)21-12-10-20(11-13-21)24(28)27-16-17-29-22(18-26-14-6-7-15-26)23(27)19-8-4-3-5-9-19/h3-5,8-13,22-23H,6-7,14-18H2,1-2H3/t22-,23-/m0/s1. The number of carbonyl (C=O) groups excluding carboxylic acids is 1. The fourth-order valence-corrected chi connectivity index (χ4v) is 4.45. The summed E-state index contributed by atoms with van der Waals surface area (Å²) < 4.78 is 6.23. The zero-order valence-corrected chi connectivity index (χ0v) is 17.5. The van der Waals surface area contributed by atoms with Gasteiger partial charge in [-0.25, -0.2) is 0 Å². The summed E-state index contributed by atoms with van der Waals surface area (Å²) in [4.78, 5) is 20.0. The number of hydrogen-bond donors (Lipinski definition) is 0. The van der Waals surface area contributed by atoms with Crippen LogP contribution in [0, 0.1) is 0 Å². The van der Waals surface area contributed by atoms with Crippen molar-refractivity contribution in [2.75, 3.05) is 51.8 Å². The molecule has 5 nitrogen and oxygen atoms in total.